The van der Waals surface area contributed by atoms with E-state index in [9.17, 15) is 19.2 Å². The van der Waals surface area contributed by atoms with Gasteiger partial charge in [-0.3, -0.25) is 19.4 Å². The SMILES string of the molecule is CCCCCN(CCCCC)C(=O)N1CCN(C(=O)N(c2ccccc2)c2ccccc2)C(C(=O)NCCN(CC(N)=O)Cc2ccccc2OC)C1. The van der Waals surface area contributed by atoms with Crippen LogP contribution in [0.3, 0.4) is 0 Å². The number of carbonyl (C=O) groups excluding carboxylic acids is 4. The minimum absolute atomic E-state index is 0.0146. The van der Waals surface area contributed by atoms with E-state index in [0.29, 0.717) is 49.8 Å². The smallest absolute Gasteiger partial charge is 0.329 e. The van der Waals surface area contributed by atoms with Crippen molar-refractivity contribution in [2.24, 2.45) is 5.73 Å². The molecule has 12 nitrogen and oxygen atoms in total. The fourth-order valence-corrected chi connectivity index (χ4v) is 6.63. The van der Waals surface area contributed by atoms with Crippen LogP contribution in [0.15, 0.2) is 84.9 Å². The van der Waals surface area contributed by atoms with Crippen molar-refractivity contribution in [3.63, 3.8) is 0 Å². The van der Waals surface area contributed by atoms with Gasteiger partial charge in [0.25, 0.3) is 0 Å². The number of benzene rings is 3. The topological polar surface area (TPSA) is 132 Å². The quantitative estimate of drug-likeness (QED) is 0.149. The number of hydrogen-bond acceptors (Lipinski definition) is 6. The van der Waals surface area contributed by atoms with E-state index in [1.807, 2.05) is 94.7 Å². The van der Waals surface area contributed by atoms with Crippen LogP contribution in [0.25, 0.3) is 0 Å². The van der Waals surface area contributed by atoms with Gasteiger partial charge in [-0.1, -0.05) is 94.1 Å². The molecule has 0 spiro atoms. The van der Waals surface area contributed by atoms with Crippen LogP contribution in [0.4, 0.5) is 21.0 Å². The summed E-state index contributed by atoms with van der Waals surface area (Å²) < 4.78 is 5.50. The third-order valence-electron chi connectivity index (χ3n) is 9.45. The number of nitrogens with two attached hydrogens (primary N) is 1. The minimum Gasteiger partial charge on any atom is -0.496 e. The van der Waals surface area contributed by atoms with Crippen LogP contribution >= 0.6 is 0 Å². The Morgan fingerprint density at radius 1 is 0.774 bits per heavy atom. The number of rotatable bonds is 19. The first-order valence-electron chi connectivity index (χ1n) is 18.9. The number of nitrogens with one attached hydrogen (secondary N) is 1. The number of methoxy groups -OCH3 is 1. The molecular weight excluding hydrogens is 670 g/mol. The highest BCUT2D eigenvalue weighted by molar-refractivity contribution is 6.01. The molecule has 12 heteroatoms. The average molecular weight is 728 g/mol. The van der Waals surface area contributed by atoms with Crippen LogP contribution in [-0.2, 0) is 16.1 Å². The second-order valence-corrected chi connectivity index (χ2v) is 13.4. The summed E-state index contributed by atoms with van der Waals surface area (Å²) in [5.41, 5.74) is 7.81. The summed E-state index contributed by atoms with van der Waals surface area (Å²) in [5.74, 6) is -0.183. The molecular formula is C41H57N7O5. The van der Waals surface area contributed by atoms with Gasteiger partial charge in [0.05, 0.1) is 31.6 Å². The number of anilines is 2. The summed E-state index contributed by atoms with van der Waals surface area (Å²) in [6.45, 7) is 7.01. The predicted octanol–water partition coefficient (Wildman–Crippen LogP) is 5.85. The van der Waals surface area contributed by atoms with Crippen molar-refractivity contribution in [2.75, 3.05) is 64.4 Å². The van der Waals surface area contributed by atoms with E-state index in [0.717, 1.165) is 44.1 Å². The Labute approximate surface area is 314 Å². The van der Waals surface area contributed by atoms with E-state index >= 15 is 0 Å². The third-order valence-corrected chi connectivity index (χ3v) is 9.45. The molecule has 1 saturated heterocycles. The minimum atomic E-state index is -0.956. The van der Waals surface area contributed by atoms with Gasteiger partial charge in [-0.15, -0.1) is 0 Å². The van der Waals surface area contributed by atoms with E-state index in [1.54, 1.807) is 21.8 Å². The first-order chi connectivity index (χ1) is 25.8. The molecule has 3 aromatic rings. The highest BCUT2D eigenvalue weighted by Gasteiger charge is 2.40. The Balaban J connectivity index is 1.58. The molecule has 1 aliphatic heterocycles. The molecule has 0 radical (unpaired) electrons. The molecule has 0 saturated carbocycles. The number of urea groups is 2. The maximum atomic E-state index is 14.6. The number of ether oxygens (including phenoxy) is 1. The Hall–Kier alpha value is -5.10. The maximum absolute atomic E-state index is 14.6. The van der Waals surface area contributed by atoms with Crippen molar-refractivity contribution >= 4 is 35.3 Å². The second-order valence-electron chi connectivity index (χ2n) is 13.4. The summed E-state index contributed by atoms with van der Waals surface area (Å²) >= 11 is 0. The Morgan fingerprint density at radius 3 is 1.92 bits per heavy atom. The number of carbonyl (C=O) groups is 4. The lowest BCUT2D eigenvalue weighted by Crippen LogP contribution is -2.64. The molecule has 3 N–H and O–H groups in total. The molecule has 1 aliphatic rings. The van der Waals surface area contributed by atoms with E-state index in [-0.39, 0.29) is 44.1 Å². The molecule has 1 atom stereocenters. The fraction of sp³-hybridized carbons (Fsp3) is 0.463. The zero-order chi connectivity index (χ0) is 38.0. The maximum Gasteiger partial charge on any atom is 0.329 e. The van der Waals surface area contributed by atoms with Gasteiger partial charge in [0.1, 0.15) is 11.8 Å². The van der Waals surface area contributed by atoms with Gasteiger partial charge in [0.15, 0.2) is 0 Å². The van der Waals surface area contributed by atoms with E-state index in [1.165, 1.54) is 0 Å². The number of amides is 6. The second kappa shape index (κ2) is 21.4. The van der Waals surface area contributed by atoms with Crippen LogP contribution in [0, 0.1) is 0 Å². The fourth-order valence-electron chi connectivity index (χ4n) is 6.63. The first-order valence-corrected chi connectivity index (χ1v) is 18.9. The molecule has 53 heavy (non-hydrogen) atoms. The van der Waals surface area contributed by atoms with Gasteiger partial charge in [-0.2, -0.15) is 0 Å². The summed E-state index contributed by atoms with van der Waals surface area (Å²) in [6, 6.07) is 24.8. The molecule has 6 amide bonds. The number of nitrogens with zero attached hydrogens (tertiary/aromatic N) is 5. The molecule has 0 bridgehead atoms. The average Bonchev–Trinajstić information content (AvgIpc) is 3.17. The molecule has 1 fully saturated rings. The van der Waals surface area contributed by atoms with Gasteiger partial charge in [-0.25, -0.2) is 9.59 Å². The van der Waals surface area contributed by atoms with Gasteiger partial charge in [-0.05, 0) is 43.2 Å². The summed E-state index contributed by atoms with van der Waals surface area (Å²) in [6.07, 6.45) is 5.99. The van der Waals surface area contributed by atoms with E-state index in [4.69, 9.17) is 10.5 Å². The zero-order valence-electron chi connectivity index (χ0n) is 31.6. The summed E-state index contributed by atoms with van der Waals surface area (Å²) in [7, 11) is 1.59. The Morgan fingerprint density at radius 2 is 1.36 bits per heavy atom. The number of piperazine rings is 1. The lowest BCUT2D eigenvalue weighted by atomic mass is 10.1. The molecule has 0 aliphatic carbocycles. The lowest BCUT2D eigenvalue weighted by Gasteiger charge is -2.43. The number of para-hydroxylation sites is 3. The van der Waals surface area contributed by atoms with Crippen LogP contribution in [-0.4, -0.2) is 109 Å². The first kappa shape index (κ1) is 40.7. The van der Waals surface area contributed by atoms with Gasteiger partial charge >= 0.3 is 12.1 Å². The highest BCUT2D eigenvalue weighted by atomic mass is 16.5. The van der Waals surface area contributed by atoms with E-state index < -0.39 is 11.9 Å². The Bertz CT molecular complexity index is 1540. The van der Waals surface area contributed by atoms with Gasteiger partial charge < -0.3 is 30.5 Å². The molecule has 4 rings (SSSR count). The molecule has 286 valence electrons. The molecule has 1 unspecified atom stereocenters. The van der Waals surface area contributed by atoms with Crippen LogP contribution in [0.5, 0.6) is 5.75 Å². The van der Waals surface area contributed by atoms with Crippen LogP contribution < -0.4 is 20.7 Å². The van der Waals surface area contributed by atoms with Crippen molar-refractivity contribution in [2.45, 2.75) is 65.0 Å². The molecule has 1 heterocycles. The van der Waals surface area contributed by atoms with Crippen molar-refractivity contribution in [1.82, 2.24) is 24.9 Å². The van der Waals surface area contributed by atoms with Crippen molar-refractivity contribution < 1.29 is 23.9 Å². The predicted molar refractivity (Wildman–Crippen MR) is 209 cm³/mol. The lowest BCUT2D eigenvalue weighted by molar-refractivity contribution is -0.127. The molecule has 3 aromatic carbocycles. The Kier molecular flexibility index (Phi) is 16.4. The third kappa shape index (κ3) is 12.0. The standard InChI is InChI=1S/C41H57N7O5/c1-4-6-16-25-45(26-17-7-5-2)40(51)46-28-29-47(41(52)48(34-19-10-8-11-20-34)35-21-12-9-13-22-35)36(31-46)39(50)43-24-27-44(32-38(42)49)30-33-18-14-15-23-37(33)53-3/h8-15,18-23,36H,4-7,16-17,24-32H2,1-3H3,(H2,42,49)(H,43,50). The number of unbranched alkanes of at least 4 members (excludes halogenated alkanes) is 4. The highest BCUT2D eigenvalue weighted by Crippen LogP contribution is 2.28. The molecule has 0 aromatic heterocycles. The van der Waals surface area contributed by atoms with Crippen LogP contribution in [0.1, 0.15) is 57.9 Å². The van der Waals surface area contributed by atoms with Crippen molar-refractivity contribution in [1.29, 1.82) is 0 Å². The van der Waals surface area contributed by atoms with Gasteiger partial charge in [0.2, 0.25) is 11.8 Å². The van der Waals surface area contributed by atoms with Crippen molar-refractivity contribution in [3.8, 4) is 5.75 Å². The van der Waals surface area contributed by atoms with Crippen LogP contribution in [0.2, 0.25) is 0 Å². The monoisotopic (exact) mass is 727 g/mol. The van der Waals surface area contributed by atoms with Crippen molar-refractivity contribution in [3.05, 3.63) is 90.5 Å². The number of primary amides is 1. The van der Waals surface area contributed by atoms with Gasteiger partial charge in [0, 0.05) is 51.4 Å². The van der Waals surface area contributed by atoms with E-state index in [2.05, 4.69) is 19.2 Å². The zero-order valence-corrected chi connectivity index (χ0v) is 31.6. The largest absolute Gasteiger partial charge is 0.496 e. The normalized spacial score (nSPS) is 14.2. The summed E-state index contributed by atoms with van der Waals surface area (Å²) in [4.78, 5) is 63.6. The summed E-state index contributed by atoms with van der Waals surface area (Å²) in [5, 5.41) is 3.02. The number of hydrogen-bond donors (Lipinski definition) is 2.